The summed E-state index contributed by atoms with van der Waals surface area (Å²) in [6.45, 7) is 7.37. The van der Waals surface area contributed by atoms with Crippen LogP contribution in [0.15, 0.2) is 23.1 Å². The summed E-state index contributed by atoms with van der Waals surface area (Å²) >= 11 is 5.88. The molecule has 2 rings (SSSR count). The molecule has 5 heteroatoms. The molecule has 0 N–H and O–H groups in total. The summed E-state index contributed by atoms with van der Waals surface area (Å²) < 4.78 is 27.1. The maximum absolute atomic E-state index is 12.7. The predicted octanol–water partition coefficient (Wildman–Crippen LogP) is 3.54. The van der Waals surface area contributed by atoms with Gasteiger partial charge in [-0.05, 0) is 48.4 Å². The van der Waals surface area contributed by atoms with E-state index in [0.29, 0.717) is 23.9 Å². The van der Waals surface area contributed by atoms with Crippen molar-refractivity contribution in [2.24, 2.45) is 5.41 Å². The molecule has 0 bridgehead atoms. The molecule has 112 valence electrons. The van der Waals surface area contributed by atoms with Gasteiger partial charge in [-0.1, -0.05) is 19.9 Å². The Morgan fingerprint density at radius 2 is 2.05 bits per heavy atom. The highest BCUT2D eigenvalue weighted by Gasteiger charge is 2.34. The average molecular weight is 316 g/mol. The maximum Gasteiger partial charge on any atom is 0.243 e. The van der Waals surface area contributed by atoms with Crippen molar-refractivity contribution >= 4 is 21.6 Å². The number of aryl methyl sites for hydroxylation is 1. The molecule has 0 atom stereocenters. The van der Waals surface area contributed by atoms with Crippen LogP contribution in [0.4, 0.5) is 0 Å². The maximum atomic E-state index is 12.7. The van der Waals surface area contributed by atoms with Crippen LogP contribution in [-0.4, -0.2) is 25.8 Å². The van der Waals surface area contributed by atoms with Crippen LogP contribution in [0.5, 0.6) is 0 Å². The van der Waals surface area contributed by atoms with E-state index in [1.807, 2.05) is 13.0 Å². The second-order valence-electron chi connectivity index (χ2n) is 6.33. The first-order valence-electron chi connectivity index (χ1n) is 6.92. The summed E-state index contributed by atoms with van der Waals surface area (Å²) in [6, 6.07) is 5.22. The monoisotopic (exact) mass is 315 g/mol. The van der Waals surface area contributed by atoms with Crippen molar-refractivity contribution in [1.82, 2.24) is 4.31 Å². The Hall–Kier alpha value is -0.580. The van der Waals surface area contributed by atoms with Crippen LogP contribution in [0.1, 0.15) is 37.8 Å². The van der Waals surface area contributed by atoms with Crippen LogP contribution < -0.4 is 0 Å². The van der Waals surface area contributed by atoms with Crippen molar-refractivity contribution in [3.63, 3.8) is 0 Å². The fourth-order valence-electron chi connectivity index (χ4n) is 2.68. The number of piperidine rings is 1. The number of nitrogens with zero attached hydrogens (tertiary/aromatic N) is 1. The number of hydrogen-bond donors (Lipinski definition) is 0. The van der Waals surface area contributed by atoms with Gasteiger partial charge in [-0.2, -0.15) is 4.31 Å². The van der Waals surface area contributed by atoms with Gasteiger partial charge in [0.2, 0.25) is 10.0 Å². The molecule has 3 nitrogen and oxygen atoms in total. The minimum atomic E-state index is -3.41. The molecular weight excluding hydrogens is 294 g/mol. The number of alkyl halides is 1. The molecule has 0 aliphatic carbocycles. The van der Waals surface area contributed by atoms with Gasteiger partial charge in [0.15, 0.2) is 0 Å². The van der Waals surface area contributed by atoms with Crippen LogP contribution in [0.25, 0.3) is 0 Å². The molecule has 1 fully saturated rings. The Bertz CT molecular complexity index is 596. The van der Waals surface area contributed by atoms with Crippen molar-refractivity contribution < 1.29 is 8.42 Å². The van der Waals surface area contributed by atoms with Gasteiger partial charge in [0.25, 0.3) is 0 Å². The minimum absolute atomic E-state index is 0.0470. The lowest BCUT2D eigenvalue weighted by molar-refractivity contribution is 0.187. The lowest BCUT2D eigenvalue weighted by Crippen LogP contribution is -2.43. The molecular formula is C15H22ClNO2S. The molecule has 1 heterocycles. The van der Waals surface area contributed by atoms with Gasteiger partial charge < -0.3 is 0 Å². The van der Waals surface area contributed by atoms with E-state index in [2.05, 4.69) is 13.8 Å². The SMILES string of the molecule is Cc1ccc(S(=O)(=O)N2CCCC(C)(C)C2)cc1CCl. The Morgan fingerprint density at radius 3 is 2.65 bits per heavy atom. The van der Waals surface area contributed by atoms with Crippen molar-refractivity contribution in [3.8, 4) is 0 Å². The zero-order chi connectivity index (χ0) is 15.0. The van der Waals surface area contributed by atoms with Crippen LogP contribution in [0, 0.1) is 12.3 Å². The molecule has 1 aromatic rings. The number of halogens is 1. The number of rotatable bonds is 3. The van der Waals surface area contributed by atoms with Crippen molar-refractivity contribution in [3.05, 3.63) is 29.3 Å². The molecule has 1 aliphatic rings. The lowest BCUT2D eigenvalue weighted by atomic mass is 9.85. The van der Waals surface area contributed by atoms with E-state index in [-0.39, 0.29) is 5.41 Å². The van der Waals surface area contributed by atoms with Gasteiger partial charge in [-0.25, -0.2) is 8.42 Å². The van der Waals surface area contributed by atoms with Crippen LogP contribution in [0.2, 0.25) is 0 Å². The van der Waals surface area contributed by atoms with Crippen LogP contribution in [0.3, 0.4) is 0 Å². The molecule has 1 saturated heterocycles. The Morgan fingerprint density at radius 1 is 1.35 bits per heavy atom. The smallest absolute Gasteiger partial charge is 0.207 e. The van der Waals surface area contributed by atoms with E-state index in [1.54, 1.807) is 16.4 Å². The molecule has 0 saturated carbocycles. The van der Waals surface area contributed by atoms with E-state index in [4.69, 9.17) is 11.6 Å². The van der Waals surface area contributed by atoms with Gasteiger partial charge in [0.05, 0.1) is 4.90 Å². The fraction of sp³-hybridized carbons (Fsp3) is 0.600. The summed E-state index contributed by atoms with van der Waals surface area (Å²) in [7, 11) is -3.41. The van der Waals surface area contributed by atoms with Gasteiger partial charge in [-0.15, -0.1) is 11.6 Å². The van der Waals surface area contributed by atoms with Gasteiger partial charge in [-0.3, -0.25) is 0 Å². The first-order chi connectivity index (χ1) is 9.26. The van der Waals surface area contributed by atoms with Crippen molar-refractivity contribution in [2.45, 2.75) is 44.4 Å². The summed E-state index contributed by atoms with van der Waals surface area (Å²) in [6.07, 6.45) is 1.99. The molecule has 0 amide bonds. The fourth-order valence-corrected chi connectivity index (χ4v) is 4.68. The topological polar surface area (TPSA) is 37.4 Å². The summed E-state index contributed by atoms with van der Waals surface area (Å²) in [5.41, 5.74) is 1.95. The Labute approximate surface area is 127 Å². The van der Waals surface area contributed by atoms with Crippen LogP contribution >= 0.6 is 11.6 Å². The highest BCUT2D eigenvalue weighted by molar-refractivity contribution is 7.89. The summed E-state index contributed by atoms with van der Waals surface area (Å²) in [5, 5.41) is 0. The molecule has 1 aromatic carbocycles. The molecule has 0 radical (unpaired) electrons. The Kier molecular flexibility index (Phi) is 4.47. The lowest BCUT2D eigenvalue weighted by Gasteiger charge is -2.37. The first kappa shape index (κ1) is 15.8. The standard InChI is InChI=1S/C15H22ClNO2S/c1-12-5-6-14(9-13(12)10-16)20(18,19)17-8-4-7-15(2,3)11-17/h5-6,9H,4,7-8,10-11H2,1-3H3. The van der Waals surface area contributed by atoms with E-state index in [1.165, 1.54) is 0 Å². The largest absolute Gasteiger partial charge is 0.243 e. The summed E-state index contributed by atoms with van der Waals surface area (Å²) in [4.78, 5) is 0.358. The van der Waals surface area contributed by atoms with Crippen LogP contribution in [-0.2, 0) is 15.9 Å². The van der Waals surface area contributed by atoms with E-state index < -0.39 is 10.0 Å². The second kappa shape index (κ2) is 5.66. The minimum Gasteiger partial charge on any atom is -0.207 e. The number of sulfonamides is 1. The number of benzene rings is 1. The van der Waals surface area contributed by atoms with Gasteiger partial charge in [0, 0.05) is 19.0 Å². The highest BCUT2D eigenvalue weighted by atomic mass is 35.5. The van der Waals surface area contributed by atoms with E-state index in [0.717, 1.165) is 24.0 Å². The molecule has 0 aromatic heterocycles. The zero-order valence-corrected chi connectivity index (χ0v) is 13.9. The molecule has 1 aliphatic heterocycles. The first-order valence-corrected chi connectivity index (χ1v) is 8.89. The zero-order valence-electron chi connectivity index (χ0n) is 12.3. The Balaban J connectivity index is 2.35. The molecule has 0 spiro atoms. The second-order valence-corrected chi connectivity index (χ2v) is 8.53. The normalized spacial score (nSPS) is 20.0. The average Bonchev–Trinajstić information content (AvgIpc) is 2.37. The number of hydrogen-bond acceptors (Lipinski definition) is 2. The highest BCUT2D eigenvalue weighted by Crippen LogP contribution is 2.32. The van der Waals surface area contributed by atoms with Gasteiger partial charge in [0.1, 0.15) is 0 Å². The van der Waals surface area contributed by atoms with Crippen molar-refractivity contribution in [2.75, 3.05) is 13.1 Å². The third-order valence-corrected chi connectivity index (χ3v) is 6.10. The van der Waals surface area contributed by atoms with E-state index in [9.17, 15) is 8.42 Å². The van der Waals surface area contributed by atoms with Gasteiger partial charge >= 0.3 is 0 Å². The quantitative estimate of drug-likeness (QED) is 0.800. The summed E-state index contributed by atoms with van der Waals surface area (Å²) in [5.74, 6) is 0.334. The molecule has 0 unspecified atom stereocenters. The van der Waals surface area contributed by atoms with E-state index >= 15 is 0 Å². The third-order valence-electron chi connectivity index (χ3n) is 3.97. The van der Waals surface area contributed by atoms with Crippen molar-refractivity contribution in [1.29, 1.82) is 0 Å². The predicted molar refractivity (Wildman–Crippen MR) is 82.5 cm³/mol. The molecule has 20 heavy (non-hydrogen) atoms. The third kappa shape index (κ3) is 3.18.